The van der Waals surface area contributed by atoms with Crippen LogP contribution in [-0.4, -0.2) is 32.3 Å². The summed E-state index contributed by atoms with van der Waals surface area (Å²) in [6, 6.07) is 8.50. The largest absolute Gasteiger partial charge is 0.497 e. The summed E-state index contributed by atoms with van der Waals surface area (Å²) >= 11 is 5.87. The van der Waals surface area contributed by atoms with Crippen LogP contribution in [0.25, 0.3) is 0 Å². The average molecular weight is 438 g/mol. The van der Waals surface area contributed by atoms with Gasteiger partial charge in [0.05, 0.1) is 7.11 Å². The van der Waals surface area contributed by atoms with E-state index < -0.39 is 17.0 Å². The van der Waals surface area contributed by atoms with Gasteiger partial charge in [-0.05, 0) is 37.2 Å². The van der Waals surface area contributed by atoms with Gasteiger partial charge in [0.1, 0.15) is 17.4 Å². The fourth-order valence-corrected chi connectivity index (χ4v) is 4.25. The van der Waals surface area contributed by atoms with Gasteiger partial charge in [-0.15, -0.1) is 0 Å². The Balaban J connectivity index is 1.80. The molecule has 0 saturated carbocycles. The molecule has 0 aliphatic carbocycles. The van der Waals surface area contributed by atoms with Gasteiger partial charge >= 0.3 is 6.03 Å². The van der Waals surface area contributed by atoms with Gasteiger partial charge in [0.25, 0.3) is 0 Å². The molecule has 162 valence electrons. The van der Waals surface area contributed by atoms with E-state index in [-0.39, 0.29) is 29.3 Å². The van der Waals surface area contributed by atoms with Crippen molar-refractivity contribution in [2.45, 2.75) is 31.7 Å². The van der Waals surface area contributed by atoms with Crippen LogP contribution in [0.4, 0.5) is 19.3 Å². The molecule has 30 heavy (non-hydrogen) atoms. The molecular formula is C22H26ClF2N3O2. The second-order valence-electron chi connectivity index (χ2n) is 8.00. The number of ether oxygens (including phenoxy) is 1. The van der Waals surface area contributed by atoms with Gasteiger partial charge in [0, 0.05) is 52.3 Å². The molecule has 1 aliphatic rings. The van der Waals surface area contributed by atoms with Crippen molar-refractivity contribution < 1.29 is 18.3 Å². The van der Waals surface area contributed by atoms with Crippen molar-refractivity contribution in [3.63, 3.8) is 0 Å². The Hall–Kier alpha value is -2.38. The Morgan fingerprint density at radius 1 is 1.20 bits per heavy atom. The van der Waals surface area contributed by atoms with E-state index in [1.165, 1.54) is 19.2 Å². The van der Waals surface area contributed by atoms with Crippen molar-refractivity contribution in [2.24, 2.45) is 5.92 Å². The lowest BCUT2D eigenvalue weighted by atomic mass is 9.68. The second-order valence-corrected chi connectivity index (χ2v) is 8.44. The lowest BCUT2D eigenvalue weighted by Crippen LogP contribution is -2.56. The van der Waals surface area contributed by atoms with Crippen LogP contribution < -0.4 is 20.7 Å². The number of benzene rings is 2. The first-order valence-electron chi connectivity index (χ1n) is 9.79. The van der Waals surface area contributed by atoms with E-state index in [1.54, 1.807) is 38.1 Å². The van der Waals surface area contributed by atoms with Gasteiger partial charge in [-0.2, -0.15) is 0 Å². The van der Waals surface area contributed by atoms with Crippen molar-refractivity contribution in [2.75, 3.05) is 25.5 Å². The molecule has 2 atom stereocenters. The number of piperidine rings is 1. The number of carbonyl (C=O) groups excluding carboxylic acids is 1. The third-order valence-electron chi connectivity index (χ3n) is 5.72. The summed E-state index contributed by atoms with van der Waals surface area (Å²) in [7, 11) is 1.36. The summed E-state index contributed by atoms with van der Waals surface area (Å²) in [4.78, 5) is 12.6. The summed E-state index contributed by atoms with van der Waals surface area (Å²) < 4.78 is 34.6. The van der Waals surface area contributed by atoms with Gasteiger partial charge in [0.15, 0.2) is 0 Å². The second kappa shape index (κ2) is 9.18. The first-order chi connectivity index (χ1) is 14.2. The summed E-state index contributed by atoms with van der Waals surface area (Å²) in [6.07, 6.45) is 0.640. The molecule has 3 N–H and O–H groups in total. The zero-order chi connectivity index (χ0) is 21.9. The molecule has 5 nitrogen and oxygen atoms in total. The minimum atomic E-state index is -0.883. The van der Waals surface area contributed by atoms with Gasteiger partial charge in [-0.1, -0.05) is 25.4 Å². The molecule has 2 amide bonds. The minimum Gasteiger partial charge on any atom is -0.497 e. The first kappa shape index (κ1) is 22.3. The van der Waals surface area contributed by atoms with Crippen LogP contribution >= 0.6 is 11.6 Å². The van der Waals surface area contributed by atoms with E-state index in [4.69, 9.17) is 16.3 Å². The van der Waals surface area contributed by atoms with E-state index in [0.29, 0.717) is 30.2 Å². The number of rotatable bonds is 5. The number of anilines is 1. The highest BCUT2D eigenvalue weighted by molar-refractivity contribution is 6.30. The Morgan fingerprint density at radius 2 is 1.83 bits per heavy atom. The van der Waals surface area contributed by atoms with Crippen LogP contribution in [0, 0.1) is 17.6 Å². The van der Waals surface area contributed by atoms with Crippen LogP contribution in [-0.2, 0) is 5.41 Å². The molecule has 2 unspecified atom stereocenters. The van der Waals surface area contributed by atoms with Crippen molar-refractivity contribution in [3.8, 4) is 5.75 Å². The van der Waals surface area contributed by atoms with Crippen LogP contribution in [0.3, 0.4) is 0 Å². The molecule has 2 aromatic rings. The van der Waals surface area contributed by atoms with Crippen LogP contribution in [0.2, 0.25) is 5.02 Å². The van der Waals surface area contributed by atoms with E-state index in [1.807, 2.05) is 0 Å². The molecule has 0 aromatic heterocycles. The lowest BCUT2D eigenvalue weighted by molar-refractivity contribution is 0.182. The number of nitrogens with one attached hydrogen (secondary N) is 3. The zero-order valence-electron chi connectivity index (χ0n) is 17.2. The number of urea groups is 1. The molecule has 8 heteroatoms. The predicted molar refractivity (Wildman–Crippen MR) is 114 cm³/mol. The molecule has 0 radical (unpaired) electrons. The third-order valence-corrected chi connectivity index (χ3v) is 5.98. The number of carbonyl (C=O) groups is 1. The van der Waals surface area contributed by atoms with E-state index >= 15 is 0 Å². The van der Waals surface area contributed by atoms with E-state index in [9.17, 15) is 13.6 Å². The fraction of sp³-hybridized carbons (Fsp3) is 0.409. The SMILES string of the molecule is COc1cc(F)c(C(C)(C)C2CNCCC2NC(=O)Nc2ccc(Cl)cc2)c(F)c1. The molecule has 2 aromatic carbocycles. The predicted octanol–water partition coefficient (Wildman–Crippen LogP) is 4.70. The highest BCUT2D eigenvalue weighted by Gasteiger charge is 2.42. The van der Waals surface area contributed by atoms with Gasteiger partial charge in [-0.25, -0.2) is 13.6 Å². The highest BCUT2D eigenvalue weighted by atomic mass is 35.5. The molecular weight excluding hydrogens is 412 g/mol. The molecule has 3 rings (SSSR count). The Morgan fingerprint density at radius 3 is 2.43 bits per heavy atom. The topological polar surface area (TPSA) is 62.4 Å². The lowest BCUT2D eigenvalue weighted by Gasteiger charge is -2.43. The number of methoxy groups -OCH3 is 1. The normalized spacial score (nSPS) is 19.3. The van der Waals surface area contributed by atoms with E-state index in [2.05, 4.69) is 16.0 Å². The number of amides is 2. The van der Waals surface area contributed by atoms with Crippen molar-refractivity contribution in [3.05, 3.63) is 58.6 Å². The molecule has 0 spiro atoms. The third kappa shape index (κ3) is 4.84. The zero-order valence-corrected chi connectivity index (χ0v) is 17.9. The van der Waals surface area contributed by atoms with Gasteiger partial charge in [-0.3, -0.25) is 0 Å². The summed E-state index contributed by atoms with van der Waals surface area (Å²) in [6.45, 7) is 4.81. The number of halogens is 3. The molecule has 0 bridgehead atoms. The van der Waals surface area contributed by atoms with Crippen LogP contribution in [0.5, 0.6) is 5.75 Å². The molecule has 1 fully saturated rings. The Labute approximate surface area is 180 Å². The maximum atomic E-state index is 14.8. The highest BCUT2D eigenvalue weighted by Crippen LogP contribution is 2.39. The first-order valence-corrected chi connectivity index (χ1v) is 10.2. The van der Waals surface area contributed by atoms with Gasteiger partial charge < -0.3 is 20.7 Å². The van der Waals surface area contributed by atoms with Gasteiger partial charge in [0.2, 0.25) is 0 Å². The molecule has 1 aliphatic heterocycles. The minimum absolute atomic E-state index is 0.0121. The van der Waals surface area contributed by atoms with E-state index in [0.717, 1.165) is 0 Å². The smallest absolute Gasteiger partial charge is 0.319 e. The molecule has 1 heterocycles. The monoisotopic (exact) mass is 437 g/mol. The summed E-state index contributed by atoms with van der Waals surface area (Å²) in [5, 5.41) is 9.60. The average Bonchev–Trinajstić information content (AvgIpc) is 2.69. The van der Waals surface area contributed by atoms with Crippen molar-refractivity contribution in [1.82, 2.24) is 10.6 Å². The maximum Gasteiger partial charge on any atom is 0.319 e. The van der Waals surface area contributed by atoms with Crippen LogP contribution in [0.15, 0.2) is 36.4 Å². The Kier molecular flexibility index (Phi) is 6.83. The quantitative estimate of drug-likeness (QED) is 0.635. The van der Waals surface area contributed by atoms with Crippen molar-refractivity contribution in [1.29, 1.82) is 0 Å². The Bertz CT molecular complexity index is 883. The standard InChI is InChI=1S/C22H26ClF2N3O2/c1-22(2,20-17(24)10-15(30-3)11-18(20)25)16-12-26-9-8-19(16)28-21(29)27-14-6-4-13(23)5-7-14/h4-7,10-11,16,19,26H,8-9,12H2,1-3H3,(H2,27,28,29). The number of hydrogen-bond acceptors (Lipinski definition) is 3. The maximum absolute atomic E-state index is 14.8. The summed E-state index contributed by atoms with van der Waals surface area (Å²) in [5.74, 6) is -1.43. The fourth-order valence-electron chi connectivity index (χ4n) is 4.13. The number of hydrogen-bond donors (Lipinski definition) is 3. The van der Waals surface area contributed by atoms with Crippen molar-refractivity contribution >= 4 is 23.3 Å². The summed E-state index contributed by atoms with van der Waals surface area (Å²) in [5.41, 5.74) is -0.290. The van der Waals surface area contributed by atoms with Crippen LogP contribution in [0.1, 0.15) is 25.8 Å². The molecule has 1 saturated heterocycles.